The molecule has 0 fully saturated rings. The van der Waals surface area contributed by atoms with Gasteiger partial charge in [0.2, 0.25) is 5.79 Å². The van der Waals surface area contributed by atoms with Crippen LogP contribution in [0.2, 0.25) is 0 Å². The summed E-state index contributed by atoms with van der Waals surface area (Å²) in [5, 5.41) is 0. The summed E-state index contributed by atoms with van der Waals surface area (Å²) in [4.78, 5) is 11.9. The molecule has 24 heavy (non-hydrogen) atoms. The van der Waals surface area contributed by atoms with Crippen LogP contribution in [0.15, 0.2) is 49.0 Å². The summed E-state index contributed by atoms with van der Waals surface area (Å²) >= 11 is 0. The van der Waals surface area contributed by atoms with Gasteiger partial charge in [-0.15, -0.1) is 0 Å². The molecule has 3 rings (SSSR count). The van der Waals surface area contributed by atoms with Crippen LogP contribution in [0.3, 0.4) is 0 Å². The van der Waals surface area contributed by atoms with Crippen LogP contribution >= 0.6 is 0 Å². The van der Waals surface area contributed by atoms with Crippen molar-refractivity contribution in [3.05, 3.63) is 54.6 Å². The lowest BCUT2D eigenvalue weighted by Gasteiger charge is -2.16. The van der Waals surface area contributed by atoms with Crippen LogP contribution in [0.1, 0.15) is 19.4 Å². The predicted octanol–water partition coefficient (Wildman–Crippen LogP) is 3.82. The number of hydrogen-bond donors (Lipinski definition) is 0. The number of esters is 1. The van der Waals surface area contributed by atoms with Gasteiger partial charge in [-0.05, 0) is 29.8 Å². The molecule has 0 saturated heterocycles. The molecule has 0 bridgehead atoms. The highest BCUT2D eigenvalue weighted by Gasteiger charge is 2.31. The maximum Gasteiger partial charge on any atom is 0.349 e. The Hall–Kier alpha value is -2.95. The molecule has 0 atom stereocenters. The first-order valence-corrected chi connectivity index (χ1v) is 7.53. The van der Waals surface area contributed by atoms with Crippen molar-refractivity contribution < 1.29 is 23.7 Å². The van der Waals surface area contributed by atoms with Crippen molar-refractivity contribution in [2.24, 2.45) is 0 Å². The average molecular weight is 326 g/mol. The number of benzene rings is 2. The van der Waals surface area contributed by atoms with Gasteiger partial charge in [-0.25, -0.2) is 4.79 Å². The van der Waals surface area contributed by atoms with Crippen molar-refractivity contribution in [1.29, 1.82) is 0 Å². The van der Waals surface area contributed by atoms with Crippen LogP contribution < -0.4 is 18.9 Å². The van der Waals surface area contributed by atoms with E-state index in [0.717, 1.165) is 5.56 Å². The van der Waals surface area contributed by atoms with Crippen LogP contribution in [0.5, 0.6) is 23.0 Å². The smallest absolute Gasteiger partial charge is 0.349 e. The van der Waals surface area contributed by atoms with Gasteiger partial charge in [0, 0.05) is 19.9 Å². The Morgan fingerprint density at radius 2 is 1.75 bits per heavy atom. The van der Waals surface area contributed by atoms with E-state index >= 15 is 0 Å². The summed E-state index contributed by atoms with van der Waals surface area (Å²) in [6.45, 7) is 7.11. The van der Waals surface area contributed by atoms with E-state index in [1.807, 2.05) is 26.0 Å². The highest BCUT2D eigenvalue weighted by atomic mass is 16.7. The van der Waals surface area contributed by atoms with E-state index in [0.29, 0.717) is 23.0 Å². The summed E-state index contributed by atoms with van der Waals surface area (Å²) < 4.78 is 21.9. The van der Waals surface area contributed by atoms with Gasteiger partial charge in [0.05, 0.1) is 0 Å². The molecule has 0 aliphatic carbocycles. The minimum Gasteiger partial charge on any atom is -0.482 e. The van der Waals surface area contributed by atoms with E-state index in [1.54, 1.807) is 36.4 Å². The Bertz CT molecular complexity index is 762. The molecule has 0 amide bonds. The molecule has 2 aromatic carbocycles. The molecular weight excluding hydrogens is 308 g/mol. The Labute approximate surface area is 140 Å². The number of fused-ring (bicyclic) bond motifs is 1. The number of rotatable bonds is 5. The van der Waals surface area contributed by atoms with E-state index in [1.165, 1.54) is 0 Å². The fraction of sp³-hybridized carbons (Fsp3) is 0.211. The predicted molar refractivity (Wildman–Crippen MR) is 89.4 cm³/mol. The summed E-state index contributed by atoms with van der Waals surface area (Å²) in [6.07, 6.45) is 1.74. The third kappa shape index (κ3) is 3.68. The largest absolute Gasteiger partial charge is 0.482 e. The summed E-state index contributed by atoms with van der Waals surface area (Å²) in [5.41, 5.74) is 0.980. The van der Waals surface area contributed by atoms with Gasteiger partial charge in [0.15, 0.2) is 18.1 Å². The van der Waals surface area contributed by atoms with Gasteiger partial charge in [-0.2, -0.15) is 0 Å². The van der Waals surface area contributed by atoms with Gasteiger partial charge < -0.3 is 18.9 Å². The zero-order valence-corrected chi connectivity index (χ0v) is 13.6. The highest BCUT2D eigenvalue weighted by Crippen LogP contribution is 2.41. The SMILES string of the molecule is C=Cc1ccc(OCC(=O)Oc2ccc3c(c2)OC(C)(C)O3)cc1. The summed E-state index contributed by atoms with van der Waals surface area (Å²) in [5.74, 6) is 0.923. The summed E-state index contributed by atoms with van der Waals surface area (Å²) in [6, 6.07) is 12.2. The van der Waals surface area contributed by atoms with Gasteiger partial charge in [0.1, 0.15) is 11.5 Å². The third-order valence-corrected chi connectivity index (χ3v) is 3.33. The van der Waals surface area contributed by atoms with Crippen LogP contribution in [0.4, 0.5) is 0 Å². The number of ether oxygens (including phenoxy) is 4. The molecule has 1 aliphatic heterocycles. The van der Waals surface area contributed by atoms with E-state index < -0.39 is 11.8 Å². The highest BCUT2D eigenvalue weighted by molar-refractivity contribution is 5.74. The Balaban J connectivity index is 1.56. The normalized spacial score (nSPS) is 14.1. The van der Waals surface area contributed by atoms with Crippen molar-refractivity contribution in [2.45, 2.75) is 19.6 Å². The Kier molecular flexibility index (Phi) is 4.16. The second kappa shape index (κ2) is 6.28. The van der Waals surface area contributed by atoms with E-state index in [-0.39, 0.29) is 6.61 Å². The maximum absolute atomic E-state index is 11.9. The molecule has 1 heterocycles. The second-order valence-corrected chi connectivity index (χ2v) is 5.75. The molecule has 0 aromatic heterocycles. The van der Waals surface area contributed by atoms with Crippen molar-refractivity contribution in [3.63, 3.8) is 0 Å². The topological polar surface area (TPSA) is 54.0 Å². The molecule has 124 valence electrons. The van der Waals surface area contributed by atoms with Crippen LogP contribution in [-0.2, 0) is 4.79 Å². The van der Waals surface area contributed by atoms with Crippen molar-refractivity contribution in [3.8, 4) is 23.0 Å². The standard InChI is InChI=1S/C19H18O5/c1-4-13-5-7-14(8-6-13)21-12-18(20)22-15-9-10-16-17(11-15)24-19(2,3)23-16/h4-11H,1,12H2,2-3H3. The molecule has 5 nitrogen and oxygen atoms in total. The zero-order valence-electron chi connectivity index (χ0n) is 13.6. The van der Waals surface area contributed by atoms with E-state index in [4.69, 9.17) is 18.9 Å². The number of carbonyl (C=O) groups is 1. The Morgan fingerprint density at radius 1 is 1.08 bits per heavy atom. The molecule has 0 unspecified atom stereocenters. The van der Waals surface area contributed by atoms with Crippen molar-refractivity contribution in [2.75, 3.05) is 6.61 Å². The second-order valence-electron chi connectivity index (χ2n) is 5.75. The molecule has 0 saturated carbocycles. The van der Waals surface area contributed by atoms with Crippen LogP contribution in [0.25, 0.3) is 6.08 Å². The van der Waals surface area contributed by atoms with Gasteiger partial charge >= 0.3 is 5.97 Å². The maximum atomic E-state index is 11.9. The fourth-order valence-corrected chi connectivity index (χ4v) is 2.27. The summed E-state index contributed by atoms with van der Waals surface area (Å²) in [7, 11) is 0. The minimum absolute atomic E-state index is 0.187. The molecule has 0 N–H and O–H groups in total. The minimum atomic E-state index is -0.717. The third-order valence-electron chi connectivity index (χ3n) is 3.33. The van der Waals surface area contributed by atoms with Crippen molar-refractivity contribution in [1.82, 2.24) is 0 Å². The van der Waals surface area contributed by atoms with Gasteiger partial charge in [-0.1, -0.05) is 24.8 Å². The molecule has 0 radical (unpaired) electrons. The lowest BCUT2D eigenvalue weighted by atomic mass is 10.2. The fourth-order valence-electron chi connectivity index (χ4n) is 2.27. The van der Waals surface area contributed by atoms with Crippen LogP contribution in [0, 0.1) is 0 Å². The monoisotopic (exact) mass is 326 g/mol. The van der Waals surface area contributed by atoms with Gasteiger partial charge in [0.25, 0.3) is 0 Å². The first-order chi connectivity index (χ1) is 11.4. The average Bonchev–Trinajstić information content (AvgIpc) is 2.86. The lowest BCUT2D eigenvalue weighted by Crippen LogP contribution is -2.29. The molecule has 2 aromatic rings. The number of hydrogen-bond acceptors (Lipinski definition) is 5. The zero-order chi connectivity index (χ0) is 17.2. The lowest BCUT2D eigenvalue weighted by molar-refractivity contribution is -0.136. The first-order valence-electron chi connectivity index (χ1n) is 7.53. The first kappa shape index (κ1) is 15.9. The van der Waals surface area contributed by atoms with E-state index in [9.17, 15) is 4.79 Å². The quantitative estimate of drug-likeness (QED) is 0.617. The molecular formula is C19H18O5. The number of carbonyl (C=O) groups excluding carboxylic acids is 1. The van der Waals surface area contributed by atoms with Gasteiger partial charge in [-0.3, -0.25) is 0 Å². The molecule has 1 aliphatic rings. The van der Waals surface area contributed by atoms with E-state index in [2.05, 4.69) is 6.58 Å². The molecule has 0 spiro atoms. The van der Waals surface area contributed by atoms with Crippen LogP contribution in [-0.4, -0.2) is 18.4 Å². The van der Waals surface area contributed by atoms with Crippen molar-refractivity contribution >= 4 is 12.0 Å². The Morgan fingerprint density at radius 3 is 2.46 bits per heavy atom. The molecule has 5 heteroatoms.